The monoisotopic (exact) mass is 575 g/mol. The Hall–Kier alpha value is -6.10. The maximum absolute atomic E-state index is 8.12. The van der Waals surface area contributed by atoms with Crippen molar-refractivity contribution >= 4 is 55.1 Å². The molecule has 0 unspecified atom stereocenters. The maximum Gasteiger partial charge on any atom is 0.196 e. The van der Waals surface area contributed by atoms with E-state index >= 15 is 0 Å². The molecule has 0 aliphatic heterocycles. The van der Waals surface area contributed by atoms with E-state index < -0.39 is 0 Å². The van der Waals surface area contributed by atoms with Crippen LogP contribution in [0.2, 0.25) is 0 Å². The van der Waals surface area contributed by atoms with Gasteiger partial charge in [-0.2, -0.15) is 0 Å². The number of rotatable bonds is 2. The Labute approximate surface area is 260 Å². The van der Waals surface area contributed by atoms with Gasteiger partial charge in [0.2, 0.25) is 0 Å². The van der Waals surface area contributed by atoms with Gasteiger partial charge in [0.25, 0.3) is 0 Å². The molecule has 0 fully saturated rings. The van der Waals surface area contributed by atoms with Gasteiger partial charge < -0.3 is 8.98 Å². The number of benzene rings is 6. The first-order valence-corrected chi connectivity index (χ1v) is 15.0. The fraction of sp³-hybridized carbons (Fsp3) is 0.0732. The molecule has 4 heteroatoms. The number of furan rings is 1. The van der Waals surface area contributed by atoms with Gasteiger partial charge in [-0.1, -0.05) is 80.6 Å². The molecule has 0 spiro atoms. The smallest absolute Gasteiger partial charge is 0.196 e. The normalized spacial score (nSPS) is 13.2. The lowest BCUT2D eigenvalue weighted by Gasteiger charge is -2.21. The SMILES string of the molecule is [C-]#[N+]c1ccc2c(c1)c1ccccc1n2-c1cccc([N+]#[C-])c1-c1ccc2c(c1)oc1cc3c(cc12)-c1ccccc1C3(C)C. The van der Waals surface area contributed by atoms with E-state index in [1.165, 1.54) is 22.3 Å². The summed E-state index contributed by atoms with van der Waals surface area (Å²) in [5.74, 6) is 0. The molecule has 0 saturated carbocycles. The lowest BCUT2D eigenvalue weighted by atomic mass is 9.82. The van der Waals surface area contributed by atoms with E-state index in [0.29, 0.717) is 11.4 Å². The van der Waals surface area contributed by atoms with E-state index in [9.17, 15) is 0 Å². The average molecular weight is 576 g/mol. The second-order valence-electron chi connectivity index (χ2n) is 12.3. The summed E-state index contributed by atoms with van der Waals surface area (Å²) in [7, 11) is 0. The summed E-state index contributed by atoms with van der Waals surface area (Å²) in [6, 6.07) is 39.5. The zero-order valence-electron chi connectivity index (χ0n) is 24.7. The molecule has 8 aromatic rings. The van der Waals surface area contributed by atoms with Crippen LogP contribution >= 0.6 is 0 Å². The molecule has 45 heavy (non-hydrogen) atoms. The molecule has 4 nitrogen and oxygen atoms in total. The van der Waals surface area contributed by atoms with E-state index in [0.717, 1.165) is 60.6 Å². The van der Waals surface area contributed by atoms with Gasteiger partial charge in [-0.3, -0.25) is 0 Å². The van der Waals surface area contributed by atoms with E-state index in [2.05, 4.69) is 101 Å². The Balaban J connectivity index is 1.29. The predicted octanol–water partition coefficient (Wildman–Crippen LogP) is 11.8. The third-order valence-corrected chi connectivity index (χ3v) is 9.63. The molecule has 2 heterocycles. The van der Waals surface area contributed by atoms with Crippen molar-refractivity contribution < 1.29 is 4.42 Å². The molecule has 1 aliphatic rings. The molecule has 0 N–H and O–H groups in total. The third-order valence-electron chi connectivity index (χ3n) is 9.63. The fourth-order valence-corrected chi connectivity index (χ4v) is 7.52. The summed E-state index contributed by atoms with van der Waals surface area (Å²) < 4.78 is 8.81. The zero-order valence-corrected chi connectivity index (χ0v) is 24.7. The Bertz CT molecular complexity index is 2650. The molecule has 0 saturated heterocycles. The molecular formula is C41H25N3O. The van der Waals surface area contributed by atoms with Gasteiger partial charge in [0.1, 0.15) is 11.2 Å². The van der Waals surface area contributed by atoms with Crippen molar-refractivity contribution in [1.82, 2.24) is 4.57 Å². The topological polar surface area (TPSA) is 26.8 Å². The van der Waals surface area contributed by atoms with Crippen molar-refractivity contribution in [1.29, 1.82) is 0 Å². The molecule has 0 atom stereocenters. The summed E-state index contributed by atoms with van der Waals surface area (Å²) in [4.78, 5) is 7.65. The molecule has 9 rings (SSSR count). The highest BCUT2D eigenvalue weighted by molar-refractivity contribution is 6.12. The maximum atomic E-state index is 8.12. The van der Waals surface area contributed by atoms with Gasteiger partial charge in [-0.15, -0.1) is 0 Å². The van der Waals surface area contributed by atoms with Gasteiger partial charge in [-0.05, 0) is 81.7 Å². The molecule has 210 valence electrons. The van der Waals surface area contributed by atoms with Crippen molar-refractivity contribution in [3.63, 3.8) is 0 Å². The van der Waals surface area contributed by atoms with Crippen molar-refractivity contribution in [3.05, 3.63) is 149 Å². The minimum atomic E-state index is -0.106. The summed E-state index contributed by atoms with van der Waals surface area (Å²) in [6.07, 6.45) is 0. The van der Waals surface area contributed by atoms with Crippen molar-refractivity contribution in [2.24, 2.45) is 0 Å². The van der Waals surface area contributed by atoms with Crippen LogP contribution in [0.5, 0.6) is 0 Å². The Morgan fingerprint density at radius 2 is 1.40 bits per heavy atom. The number of nitrogens with zero attached hydrogens (tertiary/aromatic N) is 3. The first kappa shape index (κ1) is 25.4. The van der Waals surface area contributed by atoms with Crippen molar-refractivity contribution in [3.8, 4) is 27.9 Å². The lowest BCUT2D eigenvalue weighted by Crippen LogP contribution is -2.14. The minimum Gasteiger partial charge on any atom is -0.456 e. The molecule has 6 aromatic carbocycles. The Morgan fingerprint density at radius 1 is 0.600 bits per heavy atom. The summed E-state index contributed by atoms with van der Waals surface area (Å²) in [5, 5.41) is 4.25. The van der Waals surface area contributed by atoms with Gasteiger partial charge in [0.05, 0.1) is 24.2 Å². The minimum absolute atomic E-state index is 0.106. The molecule has 2 aromatic heterocycles. The van der Waals surface area contributed by atoms with Crippen LogP contribution in [-0.4, -0.2) is 4.57 Å². The average Bonchev–Trinajstić information content (AvgIpc) is 3.68. The number of para-hydroxylation sites is 1. The van der Waals surface area contributed by atoms with E-state index in [1.807, 2.05) is 42.5 Å². The van der Waals surface area contributed by atoms with Crippen LogP contribution < -0.4 is 0 Å². The van der Waals surface area contributed by atoms with Crippen LogP contribution in [0.3, 0.4) is 0 Å². The van der Waals surface area contributed by atoms with Gasteiger partial charge in [-0.25, -0.2) is 9.69 Å². The van der Waals surface area contributed by atoms with Gasteiger partial charge in [0, 0.05) is 32.8 Å². The predicted molar refractivity (Wildman–Crippen MR) is 184 cm³/mol. The van der Waals surface area contributed by atoms with Crippen LogP contribution in [0.25, 0.3) is 81.4 Å². The lowest BCUT2D eigenvalue weighted by molar-refractivity contribution is 0.647. The number of hydrogen-bond acceptors (Lipinski definition) is 1. The Kier molecular flexibility index (Phi) is 5.06. The zero-order chi connectivity index (χ0) is 30.4. The van der Waals surface area contributed by atoms with Gasteiger partial charge in [0.15, 0.2) is 11.4 Å². The third kappa shape index (κ3) is 3.40. The largest absolute Gasteiger partial charge is 0.456 e. The number of aromatic nitrogens is 1. The standard InChI is InChI=1S/C41H25N3O/c1-41(2)32-12-7-5-10-26(32)29-22-31-28-18-16-24(20-38(28)45-39(31)23-33(29)41)40-34(43-4)13-9-15-37(40)44-35-14-8-6-11-27(35)30-21-25(42-3)17-19-36(30)44/h5-23H,1-2H3. The second-order valence-corrected chi connectivity index (χ2v) is 12.3. The summed E-state index contributed by atoms with van der Waals surface area (Å²) in [5.41, 5.74) is 12.6. The molecule has 1 aliphatic carbocycles. The van der Waals surface area contributed by atoms with Crippen LogP contribution in [0, 0.1) is 13.1 Å². The van der Waals surface area contributed by atoms with Crippen molar-refractivity contribution in [2.45, 2.75) is 19.3 Å². The first-order chi connectivity index (χ1) is 22.0. The number of hydrogen-bond donors (Lipinski definition) is 0. The summed E-state index contributed by atoms with van der Waals surface area (Å²) >= 11 is 0. The van der Waals surface area contributed by atoms with E-state index in [-0.39, 0.29) is 5.41 Å². The van der Waals surface area contributed by atoms with E-state index in [1.54, 1.807) is 0 Å². The van der Waals surface area contributed by atoms with E-state index in [4.69, 9.17) is 17.6 Å². The van der Waals surface area contributed by atoms with Crippen LogP contribution in [-0.2, 0) is 5.41 Å². The molecule has 0 radical (unpaired) electrons. The van der Waals surface area contributed by atoms with Crippen molar-refractivity contribution in [2.75, 3.05) is 0 Å². The first-order valence-electron chi connectivity index (χ1n) is 15.0. The summed E-state index contributed by atoms with van der Waals surface area (Å²) in [6.45, 7) is 20.2. The van der Waals surface area contributed by atoms with Crippen LogP contribution in [0.15, 0.2) is 120 Å². The highest BCUT2D eigenvalue weighted by Crippen LogP contribution is 2.51. The molecule has 0 bridgehead atoms. The quantitative estimate of drug-likeness (QED) is 0.188. The highest BCUT2D eigenvalue weighted by Gasteiger charge is 2.36. The van der Waals surface area contributed by atoms with Crippen LogP contribution in [0.4, 0.5) is 11.4 Å². The number of fused-ring (bicyclic) bond motifs is 9. The molecule has 0 amide bonds. The molecular weight excluding hydrogens is 550 g/mol. The Morgan fingerprint density at radius 3 is 2.27 bits per heavy atom. The van der Waals surface area contributed by atoms with Gasteiger partial charge >= 0.3 is 0 Å². The fourth-order valence-electron chi connectivity index (χ4n) is 7.52. The second kappa shape index (κ2) is 8.96. The van der Waals surface area contributed by atoms with Crippen LogP contribution in [0.1, 0.15) is 25.0 Å². The highest BCUT2D eigenvalue weighted by atomic mass is 16.3.